The topological polar surface area (TPSA) is 44.8 Å². The number of carbonyl (C=O) groups is 1. The van der Waals surface area contributed by atoms with Crippen molar-refractivity contribution in [2.24, 2.45) is 0 Å². The van der Waals surface area contributed by atoms with Crippen LogP contribution in [0.5, 0.6) is 17.2 Å². The Morgan fingerprint density at radius 3 is 1.90 bits per heavy atom. The summed E-state index contributed by atoms with van der Waals surface area (Å²) in [5, 5.41) is 0. The first-order chi connectivity index (χ1) is 13.9. The van der Waals surface area contributed by atoms with Gasteiger partial charge in [-0.05, 0) is 41.5 Å². The van der Waals surface area contributed by atoms with E-state index in [1.54, 1.807) is 20.3 Å². The van der Waals surface area contributed by atoms with E-state index in [2.05, 4.69) is 41.5 Å². The summed E-state index contributed by atoms with van der Waals surface area (Å²) < 4.78 is 17.2. The fourth-order valence-corrected chi connectivity index (χ4v) is 3.34. The third-order valence-corrected chi connectivity index (χ3v) is 4.94. The Hall–Kier alpha value is -2.75. The maximum absolute atomic E-state index is 13.4. The molecule has 0 spiro atoms. The van der Waals surface area contributed by atoms with Crippen molar-refractivity contribution < 1.29 is 19.0 Å². The quantitative estimate of drug-likeness (QED) is 0.414. The van der Waals surface area contributed by atoms with Crippen LogP contribution in [0.25, 0.3) is 6.08 Å². The summed E-state index contributed by atoms with van der Waals surface area (Å²) in [7, 11) is 3.21. The van der Waals surface area contributed by atoms with Crippen LogP contribution >= 0.6 is 0 Å². The predicted octanol–water partition coefficient (Wildman–Crippen LogP) is 6.55. The highest BCUT2D eigenvalue weighted by Crippen LogP contribution is 2.43. The molecule has 0 unspecified atom stereocenters. The first-order valence-corrected chi connectivity index (χ1v) is 10.2. The van der Waals surface area contributed by atoms with Gasteiger partial charge in [0.2, 0.25) is 0 Å². The Kier molecular flexibility index (Phi) is 7.02. The minimum atomic E-state index is -0.443. The molecule has 2 aromatic carbocycles. The molecule has 0 aromatic heterocycles. The second kappa shape index (κ2) is 8.95. The van der Waals surface area contributed by atoms with Gasteiger partial charge in [0.1, 0.15) is 22.8 Å². The molecule has 0 fully saturated rings. The van der Waals surface area contributed by atoms with E-state index >= 15 is 0 Å². The van der Waals surface area contributed by atoms with Crippen molar-refractivity contribution in [2.45, 2.75) is 59.3 Å². The van der Waals surface area contributed by atoms with E-state index in [9.17, 15) is 4.79 Å². The number of hydrogen-bond donors (Lipinski definition) is 0. The highest BCUT2D eigenvalue weighted by Gasteiger charge is 2.31. The van der Waals surface area contributed by atoms with Crippen LogP contribution < -0.4 is 14.2 Å². The van der Waals surface area contributed by atoms with Crippen molar-refractivity contribution in [1.29, 1.82) is 0 Å². The molecule has 0 radical (unpaired) electrons. The lowest BCUT2D eigenvalue weighted by Gasteiger charge is -2.30. The van der Waals surface area contributed by atoms with Crippen LogP contribution in [0.4, 0.5) is 0 Å². The van der Waals surface area contributed by atoms with Gasteiger partial charge in [0, 0.05) is 11.1 Å². The van der Waals surface area contributed by atoms with Gasteiger partial charge in [-0.25, -0.2) is 4.79 Å². The molecule has 0 aliphatic heterocycles. The molecule has 162 valence electrons. The zero-order valence-corrected chi connectivity index (χ0v) is 19.7. The molecule has 0 heterocycles. The predicted molar refractivity (Wildman–Crippen MR) is 123 cm³/mol. The number of benzene rings is 2. The van der Waals surface area contributed by atoms with Crippen LogP contribution in [-0.2, 0) is 10.8 Å². The monoisotopic (exact) mass is 410 g/mol. The van der Waals surface area contributed by atoms with E-state index in [4.69, 9.17) is 14.2 Å². The molecule has 0 saturated carbocycles. The standard InChI is InChI=1S/C26H34O4/c1-10-12-17-13-11-14-21(29-9)22(17)24(27)30-23-19(25(2,3)4)15-18(28-8)16-20(23)26(5,6)7/h10-16H,1-9H3/b12-10+. The number of esters is 1. The summed E-state index contributed by atoms with van der Waals surface area (Å²) >= 11 is 0. The van der Waals surface area contributed by atoms with Gasteiger partial charge in [-0.15, -0.1) is 0 Å². The highest BCUT2D eigenvalue weighted by atomic mass is 16.5. The fourth-order valence-electron chi connectivity index (χ4n) is 3.34. The molecule has 0 amide bonds. The maximum Gasteiger partial charge on any atom is 0.347 e. The van der Waals surface area contributed by atoms with Crippen LogP contribution in [0.3, 0.4) is 0 Å². The molecule has 0 bridgehead atoms. The number of methoxy groups -OCH3 is 2. The Balaban J connectivity index is 2.73. The third-order valence-electron chi connectivity index (χ3n) is 4.94. The van der Waals surface area contributed by atoms with E-state index in [1.807, 2.05) is 43.3 Å². The normalized spacial score (nSPS) is 12.2. The Morgan fingerprint density at radius 2 is 1.47 bits per heavy atom. The Morgan fingerprint density at radius 1 is 0.900 bits per heavy atom. The van der Waals surface area contributed by atoms with E-state index in [-0.39, 0.29) is 10.8 Å². The first-order valence-electron chi connectivity index (χ1n) is 10.2. The van der Waals surface area contributed by atoms with Gasteiger partial charge in [0.25, 0.3) is 0 Å². The molecule has 0 aliphatic carbocycles. The van der Waals surface area contributed by atoms with Crippen molar-refractivity contribution in [3.05, 3.63) is 58.7 Å². The molecule has 4 heteroatoms. The third kappa shape index (κ3) is 5.05. The molecule has 2 aromatic rings. The smallest absolute Gasteiger partial charge is 0.347 e. The lowest BCUT2D eigenvalue weighted by molar-refractivity contribution is 0.0725. The average Bonchev–Trinajstić information content (AvgIpc) is 2.66. The Labute approximate surface area is 180 Å². The molecule has 0 aliphatic rings. The number of carbonyl (C=O) groups excluding carboxylic acids is 1. The maximum atomic E-state index is 13.4. The highest BCUT2D eigenvalue weighted by molar-refractivity contribution is 5.98. The van der Waals surface area contributed by atoms with Gasteiger partial charge in [-0.1, -0.05) is 65.8 Å². The first kappa shape index (κ1) is 23.5. The van der Waals surface area contributed by atoms with Crippen LogP contribution in [-0.4, -0.2) is 20.2 Å². The molecule has 0 saturated heterocycles. The fraction of sp³-hybridized carbons (Fsp3) is 0.423. The van der Waals surface area contributed by atoms with Crippen molar-refractivity contribution in [2.75, 3.05) is 14.2 Å². The zero-order valence-electron chi connectivity index (χ0n) is 19.7. The van der Waals surface area contributed by atoms with Gasteiger partial charge in [0.15, 0.2) is 0 Å². The van der Waals surface area contributed by atoms with Crippen molar-refractivity contribution >= 4 is 12.0 Å². The molecule has 4 nitrogen and oxygen atoms in total. The van der Waals surface area contributed by atoms with Gasteiger partial charge in [-0.2, -0.15) is 0 Å². The lowest BCUT2D eigenvalue weighted by atomic mass is 9.79. The number of ether oxygens (including phenoxy) is 3. The Bertz CT molecular complexity index is 905. The molecule has 30 heavy (non-hydrogen) atoms. The minimum absolute atomic E-state index is 0.253. The van der Waals surface area contributed by atoms with Crippen molar-refractivity contribution in [1.82, 2.24) is 0 Å². The van der Waals surface area contributed by atoms with E-state index in [0.29, 0.717) is 17.1 Å². The molecule has 2 rings (SSSR count). The SMILES string of the molecule is C/C=C/c1cccc(OC)c1C(=O)Oc1c(C(C)(C)C)cc(OC)cc1C(C)(C)C. The summed E-state index contributed by atoms with van der Waals surface area (Å²) in [5.41, 5.74) is 2.50. The van der Waals surface area contributed by atoms with E-state index in [0.717, 1.165) is 22.4 Å². The molecule has 0 atom stereocenters. The summed E-state index contributed by atoms with van der Waals surface area (Å²) in [6.45, 7) is 14.5. The van der Waals surface area contributed by atoms with Crippen LogP contribution in [0.2, 0.25) is 0 Å². The molecule has 0 N–H and O–H groups in total. The van der Waals surface area contributed by atoms with Gasteiger partial charge >= 0.3 is 5.97 Å². The summed E-state index contributed by atoms with van der Waals surface area (Å²) in [6, 6.07) is 9.41. The zero-order chi connectivity index (χ0) is 22.7. The average molecular weight is 411 g/mol. The van der Waals surface area contributed by atoms with E-state index in [1.165, 1.54) is 0 Å². The summed E-state index contributed by atoms with van der Waals surface area (Å²) in [5.74, 6) is 1.37. The van der Waals surface area contributed by atoms with Crippen LogP contribution in [0, 0.1) is 0 Å². The van der Waals surface area contributed by atoms with E-state index < -0.39 is 5.97 Å². The largest absolute Gasteiger partial charge is 0.497 e. The number of rotatable bonds is 5. The van der Waals surface area contributed by atoms with Crippen molar-refractivity contribution in [3.63, 3.8) is 0 Å². The van der Waals surface area contributed by atoms with Crippen molar-refractivity contribution in [3.8, 4) is 17.2 Å². The number of hydrogen-bond acceptors (Lipinski definition) is 4. The minimum Gasteiger partial charge on any atom is -0.497 e. The second-order valence-electron chi connectivity index (χ2n) is 9.37. The van der Waals surface area contributed by atoms with Crippen LogP contribution in [0.1, 0.15) is 75.5 Å². The molecular weight excluding hydrogens is 376 g/mol. The molecular formula is C26H34O4. The number of allylic oxidation sites excluding steroid dienone is 1. The van der Waals surface area contributed by atoms with Gasteiger partial charge < -0.3 is 14.2 Å². The second-order valence-corrected chi connectivity index (χ2v) is 9.37. The lowest BCUT2D eigenvalue weighted by Crippen LogP contribution is -2.22. The van der Waals surface area contributed by atoms with Gasteiger partial charge in [-0.3, -0.25) is 0 Å². The van der Waals surface area contributed by atoms with Crippen LogP contribution in [0.15, 0.2) is 36.4 Å². The van der Waals surface area contributed by atoms with Gasteiger partial charge in [0.05, 0.1) is 14.2 Å². The summed E-state index contributed by atoms with van der Waals surface area (Å²) in [6.07, 6.45) is 3.77. The summed E-state index contributed by atoms with van der Waals surface area (Å²) in [4.78, 5) is 13.4.